The van der Waals surface area contributed by atoms with E-state index in [2.05, 4.69) is 15.5 Å². The highest BCUT2D eigenvalue weighted by molar-refractivity contribution is 8.00. The van der Waals surface area contributed by atoms with E-state index in [9.17, 15) is 4.79 Å². The summed E-state index contributed by atoms with van der Waals surface area (Å²) in [6.07, 6.45) is 0. The van der Waals surface area contributed by atoms with Crippen molar-refractivity contribution in [3.05, 3.63) is 65.0 Å². The average Bonchev–Trinajstić information content (AvgIpc) is 3.15. The van der Waals surface area contributed by atoms with E-state index in [1.165, 1.54) is 0 Å². The second kappa shape index (κ2) is 9.26. The molecular formula is C19H15ClN4O3S. The zero-order valence-electron chi connectivity index (χ0n) is 14.8. The van der Waals surface area contributed by atoms with Crippen molar-refractivity contribution in [2.45, 2.75) is 24.0 Å². The van der Waals surface area contributed by atoms with Crippen LogP contribution < -0.4 is 10.1 Å². The van der Waals surface area contributed by atoms with E-state index < -0.39 is 5.25 Å². The van der Waals surface area contributed by atoms with Crippen LogP contribution in [-0.4, -0.2) is 21.4 Å². The lowest BCUT2D eigenvalue weighted by Gasteiger charge is -2.09. The molecule has 9 heteroatoms. The summed E-state index contributed by atoms with van der Waals surface area (Å²) in [6.45, 7) is 1.85. The van der Waals surface area contributed by atoms with Crippen LogP contribution in [0.5, 0.6) is 5.75 Å². The first-order valence-electron chi connectivity index (χ1n) is 8.22. The molecule has 1 N–H and O–H groups in total. The van der Waals surface area contributed by atoms with Crippen molar-refractivity contribution >= 4 is 35.0 Å². The number of nitriles is 1. The predicted octanol–water partition coefficient (Wildman–Crippen LogP) is 4.29. The van der Waals surface area contributed by atoms with Crippen molar-refractivity contribution in [2.75, 3.05) is 5.32 Å². The molecule has 0 bridgehead atoms. The molecule has 0 aliphatic carbocycles. The van der Waals surface area contributed by atoms with Crippen LogP contribution in [0, 0.1) is 11.3 Å². The van der Waals surface area contributed by atoms with E-state index in [1.54, 1.807) is 55.5 Å². The molecule has 1 amide bonds. The molecule has 7 nitrogen and oxygen atoms in total. The van der Waals surface area contributed by atoms with Crippen molar-refractivity contribution in [1.82, 2.24) is 10.2 Å². The highest BCUT2D eigenvalue weighted by Crippen LogP contribution is 2.24. The Bertz CT molecular complexity index is 984. The third-order valence-corrected chi connectivity index (χ3v) is 4.74. The number of amides is 1. The number of halogens is 1. The number of ether oxygens (including phenoxy) is 1. The molecule has 1 atom stereocenters. The van der Waals surface area contributed by atoms with Crippen LogP contribution in [0.2, 0.25) is 5.02 Å². The number of benzene rings is 2. The molecule has 1 aromatic heterocycles. The average molecular weight is 415 g/mol. The van der Waals surface area contributed by atoms with Gasteiger partial charge in [0.05, 0.1) is 16.9 Å². The fourth-order valence-electron chi connectivity index (χ4n) is 2.10. The standard InChI is InChI=1S/C19H15ClN4O3S/c1-12(18(25)22-15-6-2-13(10-21)3-7-15)28-19-24-23-17(27-19)11-26-16-8-4-14(20)5-9-16/h2-9,12H,11H2,1H3,(H,22,25)/t12-/m0/s1. The fraction of sp³-hybridized carbons (Fsp3) is 0.158. The van der Waals surface area contributed by atoms with Gasteiger partial charge in [0.15, 0.2) is 6.61 Å². The minimum atomic E-state index is -0.457. The second-order valence-corrected chi connectivity index (χ2v) is 7.37. The Balaban J connectivity index is 1.51. The van der Waals surface area contributed by atoms with E-state index in [0.717, 1.165) is 11.8 Å². The van der Waals surface area contributed by atoms with Gasteiger partial charge in [-0.05, 0) is 55.5 Å². The van der Waals surface area contributed by atoms with Gasteiger partial charge in [-0.15, -0.1) is 10.2 Å². The summed E-state index contributed by atoms with van der Waals surface area (Å²) in [5, 5.41) is 19.9. The summed E-state index contributed by atoms with van der Waals surface area (Å²) in [5.41, 5.74) is 1.14. The van der Waals surface area contributed by atoms with Gasteiger partial charge in [-0.25, -0.2) is 0 Å². The minimum absolute atomic E-state index is 0.112. The largest absolute Gasteiger partial charge is 0.484 e. The van der Waals surface area contributed by atoms with Crippen LogP contribution in [0.15, 0.2) is 58.2 Å². The Morgan fingerprint density at radius 3 is 2.64 bits per heavy atom. The smallest absolute Gasteiger partial charge is 0.277 e. The first kappa shape index (κ1) is 19.7. The highest BCUT2D eigenvalue weighted by Gasteiger charge is 2.18. The number of thioether (sulfide) groups is 1. The number of aromatic nitrogens is 2. The number of nitrogens with one attached hydrogen (secondary N) is 1. The molecule has 0 aliphatic rings. The molecule has 1 heterocycles. The van der Waals surface area contributed by atoms with Crippen molar-refractivity contribution in [3.63, 3.8) is 0 Å². The van der Waals surface area contributed by atoms with Gasteiger partial charge in [0.2, 0.25) is 5.91 Å². The van der Waals surface area contributed by atoms with Crippen LogP contribution in [-0.2, 0) is 11.4 Å². The third-order valence-electron chi connectivity index (χ3n) is 3.55. The number of rotatable bonds is 7. The number of carbonyl (C=O) groups is 1. The number of carbonyl (C=O) groups excluding carboxylic acids is 1. The molecule has 3 aromatic rings. The molecule has 142 valence electrons. The Labute approximate surface area is 170 Å². The molecule has 0 fully saturated rings. The maximum absolute atomic E-state index is 12.3. The first-order valence-corrected chi connectivity index (χ1v) is 9.47. The Morgan fingerprint density at radius 1 is 1.25 bits per heavy atom. The highest BCUT2D eigenvalue weighted by atomic mass is 35.5. The van der Waals surface area contributed by atoms with Crippen molar-refractivity contribution in [1.29, 1.82) is 5.26 Å². The van der Waals surface area contributed by atoms with E-state index in [1.807, 2.05) is 6.07 Å². The van der Waals surface area contributed by atoms with Gasteiger partial charge in [0.25, 0.3) is 11.1 Å². The van der Waals surface area contributed by atoms with E-state index in [4.69, 9.17) is 26.0 Å². The summed E-state index contributed by atoms with van der Waals surface area (Å²) in [6, 6.07) is 15.6. The molecule has 28 heavy (non-hydrogen) atoms. The van der Waals surface area contributed by atoms with Crippen LogP contribution in [0.1, 0.15) is 18.4 Å². The lowest BCUT2D eigenvalue weighted by Crippen LogP contribution is -2.22. The zero-order valence-corrected chi connectivity index (χ0v) is 16.3. The molecule has 0 saturated heterocycles. The quantitative estimate of drug-likeness (QED) is 0.575. The summed E-state index contributed by atoms with van der Waals surface area (Å²) in [7, 11) is 0. The summed E-state index contributed by atoms with van der Waals surface area (Å²) in [4.78, 5) is 12.3. The van der Waals surface area contributed by atoms with Crippen LogP contribution in [0.25, 0.3) is 0 Å². The lowest BCUT2D eigenvalue weighted by molar-refractivity contribution is -0.115. The van der Waals surface area contributed by atoms with Crippen LogP contribution in [0.4, 0.5) is 5.69 Å². The number of hydrogen-bond acceptors (Lipinski definition) is 7. The van der Waals surface area contributed by atoms with Gasteiger partial charge in [0.1, 0.15) is 5.75 Å². The topological polar surface area (TPSA) is 101 Å². The van der Waals surface area contributed by atoms with Gasteiger partial charge in [0, 0.05) is 10.7 Å². The lowest BCUT2D eigenvalue weighted by atomic mass is 10.2. The summed E-state index contributed by atoms with van der Waals surface area (Å²) >= 11 is 6.97. The normalized spacial score (nSPS) is 11.5. The third kappa shape index (κ3) is 5.49. The second-order valence-electron chi connectivity index (χ2n) is 5.64. The monoisotopic (exact) mass is 414 g/mol. The molecule has 0 saturated carbocycles. The van der Waals surface area contributed by atoms with Crippen molar-refractivity contribution in [2.24, 2.45) is 0 Å². The first-order chi connectivity index (χ1) is 13.5. The molecular weight excluding hydrogens is 400 g/mol. The molecule has 0 unspecified atom stereocenters. The Kier molecular flexibility index (Phi) is 6.53. The van der Waals surface area contributed by atoms with Crippen molar-refractivity contribution < 1.29 is 13.9 Å². The molecule has 0 spiro atoms. The van der Waals surface area contributed by atoms with E-state index in [-0.39, 0.29) is 17.7 Å². The van der Waals surface area contributed by atoms with Gasteiger partial charge in [-0.3, -0.25) is 4.79 Å². The van der Waals surface area contributed by atoms with Crippen molar-refractivity contribution in [3.8, 4) is 11.8 Å². The van der Waals surface area contributed by atoms with Crippen LogP contribution >= 0.6 is 23.4 Å². The number of nitrogens with zero attached hydrogens (tertiary/aromatic N) is 3. The summed E-state index contributed by atoms with van der Waals surface area (Å²) < 4.78 is 11.0. The maximum atomic E-state index is 12.3. The zero-order chi connectivity index (χ0) is 19.9. The fourth-order valence-corrected chi connectivity index (χ4v) is 2.92. The van der Waals surface area contributed by atoms with Gasteiger partial charge >= 0.3 is 0 Å². The van der Waals surface area contributed by atoms with Gasteiger partial charge in [-0.1, -0.05) is 23.4 Å². The predicted molar refractivity (Wildman–Crippen MR) is 105 cm³/mol. The number of hydrogen-bond donors (Lipinski definition) is 1. The molecule has 3 rings (SSSR count). The Hall–Kier alpha value is -3.02. The Morgan fingerprint density at radius 2 is 1.96 bits per heavy atom. The van der Waals surface area contributed by atoms with E-state index in [0.29, 0.717) is 27.9 Å². The number of anilines is 1. The van der Waals surface area contributed by atoms with E-state index >= 15 is 0 Å². The molecule has 0 radical (unpaired) electrons. The van der Waals surface area contributed by atoms with Gasteiger partial charge in [-0.2, -0.15) is 5.26 Å². The minimum Gasteiger partial charge on any atom is -0.484 e. The molecule has 0 aliphatic heterocycles. The molecule has 2 aromatic carbocycles. The summed E-state index contributed by atoms with van der Waals surface area (Å²) in [5.74, 6) is 0.719. The van der Waals surface area contributed by atoms with Gasteiger partial charge < -0.3 is 14.5 Å². The maximum Gasteiger partial charge on any atom is 0.277 e. The SMILES string of the molecule is C[C@H](Sc1nnc(COc2ccc(Cl)cc2)o1)C(=O)Nc1ccc(C#N)cc1. The van der Waals surface area contributed by atoms with Crippen LogP contribution in [0.3, 0.4) is 0 Å².